The average molecular weight is 389 g/mol. The highest BCUT2D eigenvalue weighted by Gasteiger charge is 2.30. The lowest BCUT2D eigenvalue weighted by atomic mass is 10.0. The maximum Gasteiger partial charge on any atom is 0.306 e. The van der Waals surface area contributed by atoms with Crippen molar-refractivity contribution in [1.29, 1.82) is 0 Å². The second-order valence-electron chi connectivity index (χ2n) is 6.59. The van der Waals surface area contributed by atoms with Gasteiger partial charge in [0.15, 0.2) is 6.61 Å². The molecular formula is C19H23N3O4S. The quantitative estimate of drug-likeness (QED) is 0.730. The summed E-state index contributed by atoms with van der Waals surface area (Å²) in [6, 6.07) is 7.32. The Morgan fingerprint density at radius 1 is 1.26 bits per heavy atom. The zero-order chi connectivity index (χ0) is 19.2. The van der Waals surface area contributed by atoms with Crippen molar-refractivity contribution >= 4 is 39.3 Å². The molecular weight excluding hydrogens is 366 g/mol. The lowest BCUT2D eigenvalue weighted by molar-refractivity contribution is -0.154. The Bertz CT molecular complexity index is 802. The number of para-hydroxylation sites is 1. The number of nitrogens with zero attached hydrogens (tertiary/aromatic N) is 2. The van der Waals surface area contributed by atoms with Crippen molar-refractivity contribution in [2.45, 2.75) is 44.6 Å². The molecule has 2 amide bonds. The van der Waals surface area contributed by atoms with Crippen LogP contribution >= 0.6 is 11.3 Å². The molecule has 0 spiro atoms. The number of primary amides is 1. The van der Waals surface area contributed by atoms with E-state index in [1.165, 1.54) is 4.90 Å². The maximum atomic E-state index is 12.2. The number of ether oxygens (including phenoxy) is 1. The molecule has 0 bridgehead atoms. The zero-order valence-corrected chi connectivity index (χ0v) is 15.9. The highest BCUT2D eigenvalue weighted by atomic mass is 32.1. The van der Waals surface area contributed by atoms with Crippen LogP contribution in [0.15, 0.2) is 24.3 Å². The molecule has 0 saturated carbocycles. The van der Waals surface area contributed by atoms with Gasteiger partial charge < -0.3 is 15.4 Å². The number of piperidine rings is 1. The zero-order valence-electron chi connectivity index (χ0n) is 15.1. The Kier molecular flexibility index (Phi) is 6.39. The van der Waals surface area contributed by atoms with E-state index in [1.807, 2.05) is 24.3 Å². The summed E-state index contributed by atoms with van der Waals surface area (Å²) in [6.45, 7) is 0.130. The number of esters is 1. The molecule has 144 valence electrons. The van der Waals surface area contributed by atoms with Crippen LogP contribution in [0.2, 0.25) is 0 Å². The van der Waals surface area contributed by atoms with Gasteiger partial charge in [-0.2, -0.15) is 0 Å². The molecule has 1 fully saturated rings. The van der Waals surface area contributed by atoms with Crippen molar-refractivity contribution in [1.82, 2.24) is 9.88 Å². The first-order valence-corrected chi connectivity index (χ1v) is 9.95. The molecule has 2 N–H and O–H groups in total. The molecule has 1 aliphatic rings. The Labute approximate surface area is 161 Å². The van der Waals surface area contributed by atoms with Crippen molar-refractivity contribution in [3.63, 3.8) is 0 Å². The van der Waals surface area contributed by atoms with Crippen molar-refractivity contribution in [3.05, 3.63) is 29.3 Å². The number of nitrogens with two attached hydrogens (primary N) is 1. The molecule has 8 heteroatoms. The minimum atomic E-state index is -0.594. The molecule has 0 radical (unpaired) electrons. The lowest BCUT2D eigenvalue weighted by Gasteiger charge is -2.33. The molecule has 0 unspecified atom stereocenters. The fourth-order valence-electron chi connectivity index (χ4n) is 3.23. The molecule has 7 nitrogen and oxygen atoms in total. The summed E-state index contributed by atoms with van der Waals surface area (Å²) < 4.78 is 6.21. The van der Waals surface area contributed by atoms with E-state index in [0.29, 0.717) is 25.8 Å². The summed E-state index contributed by atoms with van der Waals surface area (Å²) in [5, 5.41) is 0.984. The van der Waals surface area contributed by atoms with Gasteiger partial charge in [0, 0.05) is 13.0 Å². The first kappa shape index (κ1) is 19.3. The number of aryl methyl sites for hydroxylation is 1. The average Bonchev–Trinajstić information content (AvgIpc) is 3.08. The number of benzene rings is 1. The van der Waals surface area contributed by atoms with Gasteiger partial charge in [-0.05, 0) is 44.2 Å². The molecule has 2 heterocycles. The number of hydrogen-bond donors (Lipinski definition) is 1. The third-order valence-electron chi connectivity index (χ3n) is 4.62. The van der Waals surface area contributed by atoms with E-state index in [-0.39, 0.29) is 18.9 Å². The van der Waals surface area contributed by atoms with Crippen LogP contribution in [0, 0.1) is 0 Å². The van der Waals surface area contributed by atoms with Gasteiger partial charge in [0.25, 0.3) is 5.91 Å². The Hall–Kier alpha value is -2.48. The molecule has 1 atom stereocenters. The fourth-order valence-corrected chi connectivity index (χ4v) is 4.24. The summed E-state index contributed by atoms with van der Waals surface area (Å²) in [5.74, 6) is -1.29. The molecule has 27 heavy (non-hydrogen) atoms. The van der Waals surface area contributed by atoms with Crippen LogP contribution in [0.1, 0.15) is 37.1 Å². The highest BCUT2D eigenvalue weighted by molar-refractivity contribution is 7.18. The summed E-state index contributed by atoms with van der Waals surface area (Å²) in [7, 11) is 0. The Morgan fingerprint density at radius 3 is 2.85 bits per heavy atom. The van der Waals surface area contributed by atoms with Crippen molar-refractivity contribution in [3.8, 4) is 0 Å². The van der Waals surface area contributed by atoms with E-state index in [0.717, 1.165) is 28.1 Å². The third kappa shape index (κ3) is 5.03. The van der Waals surface area contributed by atoms with Crippen LogP contribution in [0.4, 0.5) is 0 Å². The minimum Gasteiger partial charge on any atom is -0.456 e. The van der Waals surface area contributed by atoms with Gasteiger partial charge in [-0.3, -0.25) is 14.4 Å². The van der Waals surface area contributed by atoms with Gasteiger partial charge in [-0.15, -0.1) is 11.3 Å². The summed E-state index contributed by atoms with van der Waals surface area (Å²) >= 11 is 1.62. The molecule has 1 saturated heterocycles. The Morgan fingerprint density at radius 2 is 2.07 bits per heavy atom. The van der Waals surface area contributed by atoms with Crippen LogP contribution in [0.25, 0.3) is 10.2 Å². The number of rotatable bonds is 7. The van der Waals surface area contributed by atoms with Crippen molar-refractivity contribution in [2.24, 2.45) is 5.73 Å². The second kappa shape index (κ2) is 8.94. The van der Waals surface area contributed by atoms with Gasteiger partial charge in [0.2, 0.25) is 5.91 Å². The number of carbonyl (C=O) groups excluding carboxylic acids is 3. The maximum absolute atomic E-state index is 12.2. The molecule has 1 aromatic carbocycles. The first-order chi connectivity index (χ1) is 13.0. The smallest absolute Gasteiger partial charge is 0.306 e. The van der Waals surface area contributed by atoms with Crippen LogP contribution in [0.3, 0.4) is 0 Å². The summed E-state index contributed by atoms with van der Waals surface area (Å²) in [6.07, 6.45) is 3.78. The number of fused-ring (bicyclic) bond motifs is 1. The van der Waals surface area contributed by atoms with E-state index in [2.05, 4.69) is 4.98 Å². The van der Waals surface area contributed by atoms with Crippen molar-refractivity contribution in [2.75, 3.05) is 13.2 Å². The van der Waals surface area contributed by atoms with Gasteiger partial charge in [0.05, 0.1) is 15.2 Å². The van der Waals surface area contributed by atoms with Crippen LogP contribution in [-0.2, 0) is 25.5 Å². The molecule has 0 aliphatic carbocycles. The fraction of sp³-hybridized carbons (Fsp3) is 0.474. The van der Waals surface area contributed by atoms with Crippen molar-refractivity contribution < 1.29 is 19.1 Å². The number of amides is 2. The van der Waals surface area contributed by atoms with E-state index < -0.39 is 17.9 Å². The number of carbonyl (C=O) groups is 3. The van der Waals surface area contributed by atoms with E-state index >= 15 is 0 Å². The predicted octanol–water partition coefficient (Wildman–Crippen LogP) is 2.03. The number of hydrogen-bond acceptors (Lipinski definition) is 6. The second-order valence-corrected chi connectivity index (χ2v) is 7.71. The SMILES string of the molecule is NC(=O)[C@H]1CCCCN1C(=O)COC(=O)CCCc1nc2ccccc2s1. The standard InChI is InChI=1S/C19H23N3O4S/c20-19(25)14-7-3-4-11-22(14)17(23)12-26-18(24)10-5-9-16-21-13-6-1-2-8-15(13)27-16/h1-2,6,8,14H,3-5,7,9-12H2,(H2,20,25)/t14-/m1/s1. The van der Waals surface area contributed by atoms with Gasteiger partial charge in [-0.1, -0.05) is 12.1 Å². The molecule has 3 rings (SSSR count). The number of thiazole rings is 1. The van der Waals surface area contributed by atoms with E-state index in [4.69, 9.17) is 10.5 Å². The first-order valence-electron chi connectivity index (χ1n) is 9.13. The topological polar surface area (TPSA) is 103 Å². The van der Waals surface area contributed by atoms with E-state index in [9.17, 15) is 14.4 Å². The summed E-state index contributed by atoms with van der Waals surface area (Å²) in [4.78, 5) is 41.6. The minimum absolute atomic E-state index is 0.225. The number of likely N-dealkylation sites (tertiary alicyclic amines) is 1. The third-order valence-corrected chi connectivity index (χ3v) is 5.71. The van der Waals surface area contributed by atoms with Gasteiger partial charge >= 0.3 is 5.97 Å². The van der Waals surface area contributed by atoms with Gasteiger partial charge in [-0.25, -0.2) is 4.98 Å². The largest absolute Gasteiger partial charge is 0.456 e. The normalized spacial score (nSPS) is 17.0. The highest BCUT2D eigenvalue weighted by Crippen LogP contribution is 2.22. The Balaban J connectivity index is 1.41. The molecule has 1 aromatic heterocycles. The molecule has 2 aromatic rings. The number of aromatic nitrogens is 1. The predicted molar refractivity (Wildman–Crippen MR) is 102 cm³/mol. The lowest BCUT2D eigenvalue weighted by Crippen LogP contribution is -2.51. The van der Waals surface area contributed by atoms with Crippen LogP contribution in [-0.4, -0.2) is 46.9 Å². The summed E-state index contributed by atoms with van der Waals surface area (Å²) in [5.41, 5.74) is 6.32. The van der Waals surface area contributed by atoms with Crippen LogP contribution < -0.4 is 5.73 Å². The van der Waals surface area contributed by atoms with E-state index in [1.54, 1.807) is 11.3 Å². The van der Waals surface area contributed by atoms with Crippen LogP contribution in [0.5, 0.6) is 0 Å². The van der Waals surface area contributed by atoms with Gasteiger partial charge in [0.1, 0.15) is 6.04 Å². The molecule has 1 aliphatic heterocycles. The monoisotopic (exact) mass is 389 g/mol.